The molecule has 0 N–H and O–H groups in total. The molecule has 15 heteroatoms. The molecule has 12 nitrogen and oxygen atoms in total. The van der Waals surface area contributed by atoms with Crippen LogP contribution in [0, 0.1) is 23.7 Å². The van der Waals surface area contributed by atoms with E-state index in [0.29, 0.717) is 12.8 Å². The van der Waals surface area contributed by atoms with Crippen LogP contribution in [0.15, 0.2) is 0 Å². The summed E-state index contributed by atoms with van der Waals surface area (Å²) >= 11 is 0. The van der Waals surface area contributed by atoms with Crippen LogP contribution in [0.2, 0.25) is 0 Å². The molecule has 37 heavy (non-hydrogen) atoms. The van der Waals surface area contributed by atoms with Gasteiger partial charge in [-0.1, -0.05) is 6.92 Å². The number of hydrogen-bond acceptors (Lipinski definition) is 12. The molecule has 6 unspecified atom stereocenters. The maximum atomic E-state index is 13.2. The molecule has 4 aliphatic rings. The minimum absolute atomic E-state index is 0.302. The number of ether oxygens (including phenoxy) is 5. The molecule has 1 saturated heterocycles. The van der Waals surface area contributed by atoms with E-state index in [9.17, 15) is 40.9 Å². The number of alkyl halides is 2. The van der Waals surface area contributed by atoms with Crippen LogP contribution in [0.3, 0.4) is 0 Å². The van der Waals surface area contributed by atoms with Crippen molar-refractivity contribution in [3.8, 4) is 0 Å². The second-order valence-corrected chi connectivity index (χ2v) is 11.4. The van der Waals surface area contributed by atoms with Gasteiger partial charge in [-0.15, -0.1) is 0 Å². The Bertz CT molecular complexity index is 1050. The van der Waals surface area contributed by atoms with Gasteiger partial charge in [-0.25, -0.2) is 18.0 Å². The fourth-order valence-corrected chi connectivity index (χ4v) is 6.18. The van der Waals surface area contributed by atoms with Gasteiger partial charge >= 0.3 is 29.1 Å². The highest BCUT2D eigenvalue weighted by Crippen LogP contribution is 2.59. The summed E-state index contributed by atoms with van der Waals surface area (Å²) < 4.78 is 82.8. The summed E-state index contributed by atoms with van der Waals surface area (Å²) in [6.07, 6.45) is 2.83. The Morgan fingerprint density at radius 2 is 1.78 bits per heavy atom. The predicted molar refractivity (Wildman–Crippen MR) is 112 cm³/mol. The van der Waals surface area contributed by atoms with Crippen molar-refractivity contribution in [1.82, 2.24) is 0 Å². The highest BCUT2D eigenvalue weighted by Gasteiger charge is 2.70. The molecule has 4 rings (SSSR count). The first kappa shape index (κ1) is 27.6. The Morgan fingerprint density at radius 3 is 2.41 bits per heavy atom. The molecule has 3 saturated carbocycles. The fraction of sp³-hybridized carbons (Fsp3) is 0.818. The van der Waals surface area contributed by atoms with Gasteiger partial charge in [-0.05, 0) is 38.5 Å². The molecule has 6 atom stereocenters. The third-order valence-electron chi connectivity index (χ3n) is 7.77. The molecule has 0 radical (unpaired) electrons. The first-order valence-electron chi connectivity index (χ1n) is 12.0. The lowest BCUT2D eigenvalue weighted by Crippen LogP contribution is -2.46. The van der Waals surface area contributed by atoms with Crippen molar-refractivity contribution in [1.29, 1.82) is 0 Å². The fourth-order valence-electron chi connectivity index (χ4n) is 5.98. The van der Waals surface area contributed by atoms with Crippen LogP contribution in [0.25, 0.3) is 0 Å². The van der Waals surface area contributed by atoms with E-state index in [4.69, 9.17) is 18.9 Å². The largest absolute Gasteiger partial charge is 0.743 e. The molecule has 208 valence electrons. The number of carbonyl (C=O) groups excluding carboxylic acids is 4. The van der Waals surface area contributed by atoms with Crippen LogP contribution < -0.4 is 0 Å². The highest BCUT2D eigenvalue weighted by atomic mass is 32.2. The predicted octanol–water partition coefficient (Wildman–Crippen LogP) is 0.670. The van der Waals surface area contributed by atoms with E-state index in [-0.39, 0.29) is 5.92 Å². The van der Waals surface area contributed by atoms with Gasteiger partial charge in [-0.2, -0.15) is 8.78 Å². The van der Waals surface area contributed by atoms with Gasteiger partial charge < -0.3 is 28.2 Å². The van der Waals surface area contributed by atoms with Gasteiger partial charge in [0.1, 0.15) is 31.0 Å². The average Bonchev–Trinajstić information content (AvgIpc) is 3.55. The van der Waals surface area contributed by atoms with Gasteiger partial charge in [0.15, 0.2) is 16.7 Å². The SMILES string of the molecule is CCC1(OC(=O)C2C3CC4C(OC(=O)C42)C3OC(=O)COCC(=O)OCC(F)(F)S(=O)(=O)[O-])CCCC1. The second-order valence-electron chi connectivity index (χ2n) is 9.88. The first-order chi connectivity index (χ1) is 17.3. The van der Waals surface area contributed by atoms with E-state index >= 15 is 0 Å². The Balaban J connectivity index is 1.30. The first-order valence-corrected chi connectivity index (χ1v) is 13.4. The number of esters is 4. The number of carbonyl (C=O) groups is 4. The molecular weight excluding hydrogens is 526 g/mol. The molecule has 3 aliphatic carbocycles. The number of rotatable bonds is 11. The zero-order valence-electron chi connectivity index (χ0n) is 19.9. The summed E-state index contributed by atoms with van der Waals surface area (Å²) in [6.45, 7) is -1.87. The number of halogens is 2. The minimum Gasteiger partial charge on any atom is -0.743 e. The molecule has 0 aromatic heterocycles. The Hall–Kier alpha value is -2.39. The third-order valence-corrected chi connectivity index (χ3v) is 8.62. The van der Waals surface area contributed by atoms with Gasteiger partial charge in [0, 0.05) is 11.8 Å². The van der Waals surface area contributed by atoms with E-state index in [0.717, 1.165) is 25.7 Å². The molecule has 1 aliphatic heterocycles. The average molecular weight is 554 g/mol. The van der Waals surface area contributed by atoms with Gasteiger partial charge in [0.05, 0.1) is 11.8 Å². The topological polar surface area (TPSA) is 172 Å². The summed E-state index contributed by atoms with van der Waals surface area (Å²) in [5, 5.41) is -4.81. The quantitative estimate of drug-likeness (QED) is 0.199. The van der Waals surface area contributed by atoms with Crippen molar-refractivity contribution in [3.05, 3.63) is 0 Å². The van der Waals surface area contributed by atoms with Crippen molar-refractivity contribution in [2.75, 3.05) is 19.8 Å². The van der Waals surface area contributed by atoms with E-state index < -0.39 is 94.6 Å². The van der Waals surface area contributed by atoms with Gasteiger partial charge in [-0.3, -0.25) is 9.59 Å². The Kier molecular flexibility index (Phi) is 7.51. The summed E-state index contributed by atoms with van der Waals surface area (Å²) in [5.74, 6) is -5.72. The molecular formula is C22H27F2O12S-. The molecule has 0 amide bonds. The zero-order chi connectivity index (χ0) is 27.2. The Labute approximate surface area is 211 Å². The van der Waals surface area contributed by atoms with Crippen molar-refractivity contribution in [2.45, 2.75) is 68.5 Å². The van der Waals surface area contributed by atoms with Crippen LogP contribution in [-0.2, 0) is 53.0 Å². The minimum atomic E-state index is -6.02. The number of hydrogen-bond donors (Lipinski definition) is 0. The van der Waals surface area contributed by atoms with E-state index in [1.54, 1.807) is 0 Å². The van der Waals surface area contributed by atoms with Crippen LogP contribution in [0.5, 0.6) is 0 Å². The molecule has 0 aromatic carbocycles. The standard InChI is InChI=1S/C22H28F2O12S/c1-2-21(5-3-4-6-21)36-20(28)16-12-7-11-15(16)19(27)35-18(11)17(12)34-14(26)9-32-8-13(25)33-10-22(23,24)37(29,30)31/h11-12,15-18H,2-10H2,1H3,(H,29,30,31)/p-1. The maximum Gasteiger partial charge on any atom is 0.367 e. The monoisotopic (exact) mass is 553 g/mol. The summed E-state index contributed by atoms with van der Waals surface area (Å²) in [4.78, 5) is 49.5. The normalized spacial score (nSPS) is 31.7. The van der Waals surface area contributed by atoms with Crippen molar-refractivity contribution < 1.29 is 64.6 Å². The van der Waals surface area contributed by atoms with Gasteiger partial charge in [0.2, 0.25) is 0 Å². The summed E-state index contributed by atoms with van der Waals surface area (Å²) in [7, 11) is -6.02. The van der Waals surface area contributed by atoms with Crippen LogP contribution in [-0.4, -0.2) is 79.7 Å². The lowest BCUT2D eigenvalue weighted by Gasteiger charge is -2.34. The maximum absolute atomic E-state index is 13.2. The molecule has 2 bridgehead atoms. The highest BCUT2D eigenvalue weighted by molar-refractivity contribution is 7.86. The van der Waals surface area contributed by atoms with Crippen LogP contribution in [0.4, 0.5) is 8.78 Å². The van der Waals surface area contributed by atoms with Gasteiger partial charge in [0.25, 0.3) is 0 Å². The second kappa shape index (κ2) is 10.1. The Morgan fingerprint density at radius 1 is 1.14 bits per heavy atom. The number of fused-ring (bicyclic) bond motifs is 1. The van der Waals surface area contributed by atoms with Crippen LogP contribution in [0.1, 0.15) is 45.4 Å². The molecule has 4 fully saturated rings. The van der Waals surface area contributed by atoms with Crippen LogP contribution >= 0.6 is 0 Å². The van der Waals surface area contributed by atoms with Crippen molar-refractivity contribution >= 4 is 34.0 Å². The molecule has 0 spiro atoms. The lowest BCUT2D eigenvalue weighted by atomic mass is 9.78. The van der Waals surface area contributed by atoms with E-state index in [2.05, 4.69) is 4.74 Å². The van der Waals surface area contributed by atoms with Crippen molar-refractivity contribution in [3.63, 3.8) is 0 Å². The zero-order valence-corrected chi connectivity index (χ0v) is 20.7. The molecule has 1 heterocycles. The van der Waals surface area contributed by atoms with E-state index in [1.165, 1.54) is 0 Å². The third kappa shape index (κ3) is 5.30. The summed E-state index contributed by atoms with van der Waals surface area (Å²) in [6, 6.07) is 0. The van der Waals surface area contributed by atoms with E-state index in [1.807, 2.05) is 6.92 Å². The summed E-state index contributed by atoms with van der Waals surface area (Å²) in [5.41, 5.74) is -0.558. The van der Waals surface area contributed by atoms with Crippen molar-refractivity contribution in [2.24, 2.45) is 23.7 Å². The smallest absolute Gasteiger partial charge is 0.367 e. The molecule has 0 aromatic rings. The lowest BCUT2D eigenvalue weighted by molar-refractivity contribution is -0.177.